The van der Waals surface area contributed by atoms with E-state index in [4.69, 9.17) is 0 Å². The molecule has 1 nitrogen and oxygen atoms in total. The Morgan fingerprint density at radius 2 is 1.86 bits per heavy atom. The number of hydrogen-bond donors (Lipinski definition) is 0. The molecule has 0 amide bonds. The Morgan fingerprint density at radius 3 is 2.50 bits per heavy atom. The van der Waals surface area contributed by atoms with Crippen LogP contribution in [0.2, 0.25) is 0 Å². The molecule has 3 heteroatoms. The van der Waals surface area contributed by atoms with Gasteiger partial charge in [-0.15, -0.1) is 0 Å². The molecule has 0 atom stereocenters. The molecular weight excluding hydrogens is 184 g/mol. The second-order valence-corrected chi connectivity index (χ2v) is 2.90. The van der Waals surface area contributed by atoms with E-state index in [1.54, 1.807) is 24.4 Å². The van der Waals surface area contributed by atoms with Crippen LogP contribution in [0, 0.1) is 11.6 Å². The van der Waals surface area contributed by atoms with Crippen molar-refractivity contribution in [3.63, 3.8) is 0 Å². The van der Waals surface area contributed by atoms with E-state index in [0.717, 1.165) is 6.07 Å². The van der Waals surface area contributed by atoms with Crippen molar-refractivity contribution in [2.75, 3.05) is 0 Å². The van der Waals surface area contributed by atoms with Crippen LogP contribution in [0.3, 0.4) is 0 Å². The Morgan fingerprint density at radius 1 is 1.00 bits per heavy atom. The number of pyridine rings is 1. The van der Waals surface area contributed by atoms with Gasteiger partial charge in [-0.1, -0.05) is 0 Å². The van der Waals surface area contributed by atoms with E-state index < -0.39 is 11.6 Å². The van der Waals surface area contributed by atoms with Gasteiger partial charge in [0.1, 0.15) is 11.6 Å². The van der Waals surface area contributed by atoms with Crippen LogP contribution in [-0.4, -0.2) is 0 Å². The third-order valence-corrected chi connectivity index (χ3v) is 1.93. The van der Waals surface area contributed by atoms with Gasteiger partial charge in [-0.25, -0.2) is 13.8 Å². The first-order valence-corrected chi connectivity index (χ1v) is 4.19. The van der Waals surface area contributed by atoms with E-state index in [-0.39, 0.29) is 0 Å². The highest BCUT2D eigenvalue weighted by atomic mass is 19.1. The fourth-order valence-corrected chi connectivity index (χ4v) is 1.27. The van der Waals surface area contributed by atoms with Crippen molar-refractivity contribution in [2.24, 2.45) is 0 Å². The SMILES string of the molecule is Fc1ccc(-c2cccc[nH+]2)c(F)c1. The van der Waals surface area contributed by atoms with Crippen LogP contribution < -0.4 is 4.98 Å². The maximum atomic E-state index is 13.3. The smallest absolute Gasteiger partial charge is 0.211 e. The number of benzene rings is 1. The van der Waals surface area contributed by atoms with E-state index in [9.17, 15) is 8.78 Å². The minimum Gasteiger partial charge on any atom is -0.211 e. The summed E-state index contributed by atoms with van der Waals surface area (Å²) in [5.41, 5.74) is 0.997. The Hall–Kier alpha value is -1.77. The lowest BCUT2D eigenvalue weighted by Gasteiger charge is -1.97. The Bertz CT molecular complexity index is 440. The van der Waals surface area contributed by atoms with Gasteiger partial charge >= 0.3 is 0 Å². The third-order valence-electron chi connectivity index (χ3n) is 1.93. The quantitative estimate of drug-likeness (QED) is 0.659. The molecule has 2 rings (SSSR count). The summed E-state index contributed by atoms with van der Waals surface area (Å²) in [5, 5.41) is 0. The number of aromatic nitrogens is 1. The summed E-state index contributed by atoms with van der Waals surface area (Å²) in [6, 6.07) is 8.84. The van der Waals surface area contributed by atoms with Gasteiger partial charge in [0.2, 0.25) is 5.69 Å². The number of aromatic amines is 1. The van der Waals surface area contributed by atoms with Crippen LogP contribution in [0.4, 0.5) is 8.78 Å². The van der Waals surface area contributed by atoms with Gasteiger partial charge in [0, 0.05) is 18.2 Å². The standard InChI is InChI=1S/C11H7F2N/c12-8-4-5-9(10(13)7-8)11-3-1-2-6-14-11/h1-7H/p+1. The molecule has 0 saturated heterocycles. The van der Waals surface area contributed by atoms with Gasteiger partial charge in [-0.3, -0.25) is 0 Å². The molecule has 1 N–H and O–H groups in total. The number of halogens is 2. The first kappa shape index (κ1) is 8.81. The van der Waals surface area contributed by atoms with Crippen molar-refractivity contribution in [2.45, 2.75) is 0 Å². The molecule has 1 aromatic carbocycles. The zero-order chi connectivity index (χ0) is 9.97. The molecule has 0 aliphatic carbocycles. The first-order valence-electron chi connectivity index (χ1n) is 4.19. The van der Waals surface area contributed by atoms with Crippen LogP contribution in [0.5, 0.6) is 0 Å². The van der Waals surface area contributed by atoms with Gasteiger partial charge < -0.3 is 0 Å². The summed E-state index contributed by atoms with van der Waals surface area (Å²) in [7, 11) is 0. The van der Waals surface area contributed by atoms with E-state index in [0.29, 0.717) is 11.3 Å². The van der Waals surface area contributed by atoms with Crippen LogP contribution in [0.1, 0.15) is 0 Å². The van der Waals surface area contributed by atoms with Crippen LogP contribution in [0.15, 0.2) is 42.6 Å². The monoisotopic (exact) mass is 192 g/mol. The summed E-state index contributed by atoms with van der Waals surface area (Å²) in [5.74, 6) is -1.13. The summed E-state index contributed by atoms with van der Waals surface area (Å²) >= 11 is 0. The molecule has 0 bridgehead atoms. The Labute approximate surface area is 80.0 Å². The van der Waals surface area contributed by atoms with E-state index in [2.05, 4.69) is 4.98 Å². The molecule has 0 radical (unpaired) electrons. The van der Waals surface area contributed by atoms with Crippen molar-refractivity contribution < 1.29 is 13.8 Å². The van der Waals surface area contributed by atoms with Crippen molar-refractivity contribution in [1.29, 1.82) is 0 Å². The lowest BCUT2D eigenvalue weighted by atomic mass is 10.1. The molecule has 2 aromatic rings. The van der Waals surface area contributed by atoms with Gasteiger partial charge in [0.15, 0.2) is 6.20 Å². The molecule has 1 heterocycles. The zero-order valence-electron chi connectivity index (χ0n) is 7.30. The number of nitrogens with one attached hydrogen (secondary N) is 1. The molecule has 70 valence electrons. The molecule has 0 spiro atoms. The molecule has 0 unspecified atom stereocenters. The summed E-state index contributed by atoms with van der Waals surface area (Å²) < 4.78 is 25.9. The molecule has 0 aliphatic rings. The van der Waals surface area contributed by atoms with Crippen molar-refractivity contribution in [1.82, 2.24) is 0 Å². The second kappa shape index (κ2) is 3.54. The average molecular weight is 192 g/mol. The molecule has 0 saturated carbocycles. The summed E-state index contributed by atoms with van der Waals surface area (Å²) in [4.78, 5) is 2.88. The molecule has 1 aromatic heterocycles. The number of hydrogen-bond acceptors (Lipinski definition) is 0. The fourth-order valence-electron chi connectivity index (χ4n) is 1.27. The maximum Gasteiger partial charge on any atom is 0.213 e. The average Bonchev–Trinajstić information content (AvgIpc) is 2.19. The number of rotatable bonds is 1. The fraction of sp³-hybridized carbons (Fsp3) is 0. The van der Waals surface area contributed by atoms with E-state index in [1.807, 2.05) is 0 Å². The van der Waals surface area contributed by atoms with Crippen LogP contribution in [-0.2, 0) is 0 Å². The van der Waals surface area contributed by atoms with Gasteiger partial charge in [-0.05, 0) is 18.2 Å². The van der Waals surface area contributed by atoms with Crippen LogP contribution >= 0.6 is 0 Å². The second-order valence-electron chi connectivity index (χ2n) is 2.90. The largest absolute Gasteiger partial charge is 0.213 e. The van der Waals surface area contributed by atoms with E-state index >= 15 is 0 Å². The Kier molecular flexibility index (Phi) is 2.23. The van der Waals surface area contributed by atoms with Crippen molar-refractivity contribution in [3.8, 4) is 11.3 Å². The van der Waals surface area contributed by atoms with Gasteiger partial charge in [0.25, 0.3) is 0 Å². The van der Waals surface area contributed by atoms with Gasteiger partial charge in [-0.2, -0.15) is 0 Å². The van der Waals surface area contributed by atoms with Crippen molar-refractivity contribution >= 4 is 0 Å². The Balaban J connectivity index is 2.53. The molecule has 0 aliphatic heterocycles. The number of H-pyrrole nitrogens is 1. The zero-order valence-corrected chi connectivity index (χ0v) is 7.30. The topological polar surface area (TPSA) is 14.1 Å². The summed E-state index contributed by atoms with van der Waals surface area (Å²) in [6.07, 6.45) is 1.69. The predicted octanol–water partition coefficient (Wildman–Crippen LogP) is 2.45. The van der Waals surface area contributed by atoms with E-state index in [1.165, 1.54) is 12.1 Å². The molecule has 14 heavy (non-hydrogen) atoms. The minimum absolute atomic E-state index is 0.368. The van der Waals surface area contributed by atoms with Gasteiger partial charge in [0.05, 0.1) is 5.56 Å². The third kappa shape index (κ3) is 1.62. The first-order chi connectivity index (χ1) is 6.77. The lowest BCUT2D eigenvalue weighted by molar-refractivity contribution is -0.364. The minimum atomic E-state index is -0.567. The molecular formula is C11H8F2N+. The van der Waals surface area contributed by atoms with Crippen molar-refractivity contribution in [3.05, 3.63) is 54.2 Å². The lowest BCUT2D eigenvalue weighted by Crippen LogP contribution is -2.05. The van der Waals surface area contributed by atoms with Crippen LogP contribution in [0.25, 0.3) is 11.3 Å². The summed E-state index contributed by atoms with van der Waals surface area (Å²) in [6.45, 7) is 0. The predicted molar refractivity (Wildman–Crippen MR) is 48.3 cm³/mol. The highest BCUT2D eigenvalue weighted by Crippen LogP contribution is 2.18. The highest BCUT2D eigenvalue weighted by molar-refractivity contribution is 5.56. The molecule has 0 fully saturated rings. The highest BCUT2D eigenvalue weighted by Gasteiger charge is 2.10. The normalized spacial score (nSPS) is 10.1. The maximum absolute atomic E-state index is 13.3.